The van der Waals surface area contributed by atoms with Crippen LogP contribution in [-0.2, 0) is 0 Å². The number of hydrogen-bond acceptors (Lipinski definition) is 2. The van der Waals surface area contributed by atoms with Crippen molar-refractivity contribution in [2.45, 2.75) is 30.0 Å². The molecule has 0 bridgehead atoms. The van der Waals surface area contributed by atoms with Crippen molar-refractivity contribution in [3.05, 3.63) is 29.8 Å². The fraction of sp³-hybridized carbons (Fsp3) is 0.455. The summed E-state index contributed by atoms with van der Waals surface area (Å²) in [6, 6.07) is 8.77. The second kappa shape index (κ2) is 4.16. The maximum atomic E-state index is 3.48. The number of thioether (sulfide) groups is 1. The summed E-state index contributed by atoms with van der Waals surface area (Å²) in [4.78, 5) is 1.38. The van der Waals surface area contributed by atoms with E-state index in [1.807, 2.05) is 11.8 Å². The van der Waals surface area contributed by atoms with E-state index >= 15 is 0 Å². The second-order valence-corrected chi connectivity index (χ2v) is 4.79. The lowest BCUT2D eigenvalue weighted by atomic mass is 10.2. The summed E-state index contributed by atoms with van der Waals surface area (Å²) in [6.45, 7) is 3.31. The van der Waals surface area contributed by atoms with Crippen LogP contribution in [0.2, 0.25) is 0 Å². The van der Waals surface area contributed by atoms with E-state index in [-0.39, 0.29) is 0 Å². The molecule has 1 unspecified atom stereocenters. The van der Waals surface area contributed by atoms with Crippen molar-refractivity contribution in [1.29, 1.82) is 0 Å². The fourth-order valence-electron chi connectivity index (χ4n) is 1.53. The average molecular weight is 193 g/mol. The van der Waals surface area contributed by atoms with Gasteiger partial charge in [-0.3, -0.25) is 0 Å². The summed E-state index contributed by atoms with van der Waals surface area (Å²) in [7, 11) is 0. The van der Waals surface area contributed by atoms with Crippen molar-refractivity contribution < 1.29 is 0 Å². The summed E-state index contributed by atoms with van der Waals surface area (Å²) in [5.74, 6) is 0. The molecule has 1 heterocycles. The van der Waals surface area contributed by atoms with Gasteiger partial charge in [-0.1, -0.05) is 17.7 Å². The Hall–Kier alpha value is -0.470. The summed E-state index contributed by atoms with van der Waals surface area (Å²) in [5.41, 5.74) is 1.34. The SMILES string of the molecule is Cc1ccc(SC2CCCN2)cc1. The van der Waals surface area contributed by atoms with Crippen molar-refractivity contribution >= 4 is 11.8 Å². The first-order valence-corrected chi connectivity index (χ1v) is 5.69. The van der Waals surface area contributed by atoms with Gasteiger partial charge in [0.25, 0.3) is 0 Å². The fourth-order valence-corrected chi connectivity index (χ4v) is 2.64. The van der Waals surface area contributed by atoms with Crippen LogP contribution in [0.15, 0.2) is 29.2 Å². The van der Waals surface area contributed by atoms with Gasteiger partial charge in [0.2, 0.25) is 0 Å². The maximum Gasteiger partial charge on any atom is 0.0580 e. The van der Waals surface area contributed by atoms with E-state index in [1.165, 1.54) is 29.8 Å². The molecule has 1 atom stereocenters. The van der Waals surface area contributed by atoms with Gasteiger partial charge in [-0.05, 0) is 38.4 Å². The molecular weight excluding hydrogens is 178 g/mol. The van der Waals surface area contributed by atoms with Crippen LogP contribution in [0.5, 0.6) is 0 Å². The molecule has 1 fully saturated rings. The Bertz CT molecular complexity index is 262. The largest absolute Gasteiger partial charge is 0.305 e. The monoisotopic (exact) mass is 193 g/mol. The molecule has 0 spiro atoms. The molecular formula is C11H15NS. The third-order valence-corrected chi connectivity index (χ3v) is 3.55. The third kappa shape index (κ3) is 2.48. The van der Waals surface area contributed by atoms with E-state index < -0.39 is 0 Å². The summed E-state index contributed by atoms with van der Waals surface area (Å²) in [5, 5.41) is 4.12. The van der Waals surface area contributed by atoms with Gasteiger partial charge >= 0.3 is 0 Å². The van der Waals surface area contributed by atoms with Gasteiger partial charge in [0.15, 0.2) is 0 Å². The molecule has 0 saturated carbocycles. The molecule has 2 rings (SSSR count). The Morgan fingerprint density at radius 3 is 2.69 bits per heavy atom. The highest BCUT2D eigenvalue weighted by Crippen LogP contribution is 2.26. The Kier molecular flexibility index (Phi) is 2.91. The highest BCUT2D eigenvalue weighted by Gasteiger charge is 2.14. The van der Waals surface area contributed by atoms with E-state index in [9.17, 15) is 0 Å². The molecule has 13 heavy (non-hydrogen) atoms. The highest BCUT2D eigenvalue weighted by molar-refractivity contribution is 7.99. The van der Waals surface area contributed by atoms with Gasteiger partial charge < -0.3 is 5.32 Å². The average Bonchev–Trinajstić information content (AvgIpc) is 2.62. The molecule has 2 heteroatoms. The molecule has 1 nitrogen and oxygen atoms in total. The zero-order valence-corrected chi connectivity index (χ0v) is 8.73. The minimum absolute atomic E-state index is 0.641. The van der Waals surface area contributed by atoms with E-state index in [0.717, 1.165) is 0 Å². The van der Waals surface area contributed by atoms with E-state index in [4.69, 9.17) is 0 Å². The van der Waals surface area contributed by atoms with Crippen molar-refractivity contribution in [1.82, 2.24) is 5.32 Å². The van der Waals surface area contributed by atoms with Crippen molar-refractivity contribution in [2.24, 2.45) is 0 Å². The van der Waals surface area contributed by atoms with Crippen LogP contribution in [0.1, 0.15) is 18.4 Å². The van der Waals surface area contributed by atoms with Gasteiger partial charge in [-0.25, -0.2) is 0 Å². The van der Waals surface area contributed by atoms with Crippen LogP contribution in [0.4, 0.5) is 0 Å². The lowest BCUT2D eigenvalue weighted by molar-refractivity contribution is 0.806. The number of aryl methyl sites for hydroxylation is 1. The normalized spacial score (nSPS) is 22.1. The summed E-state index contributed by atoms with van der Waals surface area (Å²) < 4.78 is 0. The Labute approximate surface area is 83.9 Å². The van der Waals surface area contributed by atoms with Gasteiger partial charge in [-0.2, -0.15) is 0 Å². The predicted molar refractivity (Wildman–Crippen MR) is 58.1 cm³/mol. The second-order valence-electron chi connectivity index (χ2n) is 3.52. The van der Waals surface area contributed by atoms with Crippen molar-refractivity contribution in [3.63, 3.8) is 0 Å². The van der Waals surface area contributed by atoms with Crippen molar-refractivity contribution in [3.8, 4) is 0 Å². The quantitative estimate of drug-likeness (QED) is 0.775. The van der Waals surface area contributed by atoms with E-state index in [2.05, 4.69) is 36.5 Å². The van der Waals surface area contributed by atoms with Crippen LogP contribution < -0.4 is 5.32 Å². The molecule has 0 aliphatic carbocycles. The predicted octanol–water partition coefficient (Wildman–Crippen LogP) is 2.80. The zero-order valence-electron chi connectivity index (χ0n) is 7.92. The van der Waals surface area contributed by atoms with Crippen LogP contribution in [0.3, 0.4) is 0 Å². The number of benzene rings is 1. The van der Waals surface area contributed by atoms with Crippen LogP contribution in [0.25, 0.3) is 0 Å². The number of hydrogen-bond donors (Lipinski definition) is 1. The lowest BCUT2D eigenvalue weighted by Crippen LogP contribution is -2.16. The summed E-state index contributed by atoms with van der Waals surface area (Å²) in [6.07, 6.45) is 2.63. The van der Waals surface area contributed by atoms with Gasteiger partial charge in [-0.15, -0.1) is 11.8 Å². The maximum absolute atomic E-state index is 3.48. The molecule has 0 aromatic heterocycles. The minimum atomic E-state index is 0.641. The van der Waals surface area contributed by atoms with Crippen LogP contribution in [-0.4, -0.2) is 11.9 Å². The Balaban J connectivity index is 1.97. The molecule has 1 saturated heterocycles. The van der Waals surface area contributed by atoms with Crippen LogP contribution >= 0.6 is 11.8 Å². The topological polar surface area (TPSA) is 12.0 Å². The first-order chi connectivity index (χ1) is 6.34. The zero-order chi connectivity index (χ0) is 9.10. The van der Waals surface area contributed by atoms with Crippen molar-refractivity contribution in [2.75, 3.05) is 6.54 Å². The smallest absolute Gasteiger partial charge is 0.0580 e. The number of nitrogens with one attached hydrogen (secondary N) is 1. The molecule has 0 amide bonds. The standard InChI is InChI=1S/C11H15NS/c1-9-4-6-10(7-5-9)13-11-3-2-8-12-11/h4-7,11-12H,2-3,8H2,1H3. The molecule has 0 radical (unpaired) electrons. The molecule has 1 aromatic carbocycles. The van der Waals surface area contributed by atoms with Gasteiger partial charge in [0, 0.05) is 4.90 Å². The number of rotatable bonds is 2. The molecule has 1 aliphatic heterocycles. The van der Waals surface area contributed by atoms with Gasteiger partial charge in [0.1, 0.15) is 0 Å². The van der Waals surface area contributed by atoms with Crippen LogP contribution in [0, 0.1) is 6.92 Å². The molecule has 1 N–H and O–H groups in total. The third-order valence-electron chi connectivity index (χ3n) is 2.31. The van der Waals surface area contributed by atoms with E-state index in [1.54, 1.807) is 0 Å². The summed E-state index contributed by atoms with van der Waals surface area (Å²) >= 11 is 1.95. The molecule has 1 aromatic rings. The van der Waals surface area contributed by atoms with E-state index in [0.29, 0.717) is 5.37 Å². The van der Waals surface area contributed by atoms with Gasteiger partial charge in [0.05, 0.1) is 5.37 Å². The highest BCUT2D eigenvalue weighted by atomic mass is 32.2. The Morgan fingerprint density at radius 1 is 1.31 bits per heavy atom. The Morgan fingerprint density at radius 2 is 2.08 bits per heavy atom. The lowest BCUT2D eigenvalue weighted by Gasteiger charge is -2.09. The minimum Gasteiger partial charge on any atom is -0.305 e. The first kappa shape index (κ1) is 9.10. The molecule has 1 aliphatic rings. The first-order valence-electron chi connectivity index (χ1n) is 4.81. The molecule has 70 valence electrons.